The van der Waals surface area contributed by atoms with Crippen molar-refractivity contribution in [2.75, 3.05) is 4.90 Å². The van der Waals surface area contributed by atoms with E-state index in [1.165, 1.54) is 6.42 Å². The molecule has 7 nitrogen and oxygen atoms in total. The summed E-state index contributed by atoms with van der Waals surface area (Å²) in [5, 5.41) is 23.3. The summed E-state index contributed by atoms with van der Waals surface area (Å²) in [4.78, 5) is 34.5. The zero-order valence-electron chi connectivity index (χ0n) is 23.5. The summed E-state index contributed by atoms with van der Waals surface area (Å²) in [6.45, 7) is 6.41. The molecular weight excluding hydrogens is 488 g/mol. The summed E-state index contributed by atoms with van der Waals surface area (Å²) in [6, 6.07) is 12.6. The molecule has 2 aliphatic carbocycles. The molecule has 7 heteroatoms. The highest BCUT2D eigenvalue weighted by Gasteiger charge is 2.42. The average Bonchev–Trinajstić information content (AvgIpc) is 2.95. The number of amides is 2. The molecule has 2 N–H and O–H groups in total. The van der Waals surface area contributed by atoms with Crippen LogP contribution in [0.5, 0.6) is 0 Å². The molecule has 0 radical (unpaired) electrons. The van der Waals surface area contributed by atoms with E-state index in [4.69, 9.17) is 0 Å². The largest absolute Gasteiger partial charge is 0.378 e. The maximum absolute atomic E-state index is 14.5. The Morgan fingerprint density at radius 2 is 1.69 bits per heavy atom. The third-order valence-corrected chi connectivity index (χ3v) is 8.38. The standard InChI is InChI=1S/C32H42N4O3/c1-32(2,3)23-15-17-25(18-16-23)36(31(39)27-14-8-7-13-26(27)28(37)20-33)29(22-10-9-19-34-21-22)30(38)35-24-11-5-4-6-12-24/h9-10,15-19,21,24,26-29,37H,4-8,11-14H2,1-3H3,(H,35,38)/t26?,27-,28?,29?/m0/s1. The van der Waals surface area contributed by atoms with Gasteiger partial charge < -0.3 is 10.4 Å². The lowest BCUT2D eigenvalue weighted by Gasteiger charge is -2.39. The molecule has 0 saturated heterocycles. The maximum Gasteiger partial charge on any atom is 0.248 e. The first-order valence-corrected chi connectivity index (χ1v) is 14.4. The first kappa shape index (κ1) is 28.8. The fourth-order valence-electron chi connectivity index (χ4n) is 6.13. The Morgan fingerprint density at radius 3 is 2.31 bits per heavy atom. The van der Waals surface area contributed by atoms with Gasteiger partial charge in [0.25, 0.3) is 0 Å². The van der Waals surface area contributed by atoms with Crippen molar-refractivity contribution in [1.29, 1.82) is 5.26 Å². The number of aromatic nitrogens is 1. The molecule has 0 spiro atoms. The number of rotatable bonds is 7. The Bertz CT molecular complexity index is 1150. The number of hydrogen-bond acceptors (Lipinski definition) is 5. The molecule has 4 rings (SSSR count). The zero-order valence-corrected chi connectivity index (χ0v) is 23.5. The predicted octanol–water partition coefficient (Wildman–Crippen LogP) is 5.59. The Morgan fingerprint density at radius 1 is 1.03 bits per heavy atom. The molecule has 0 bridgehead atoms. The summed E-state index contributed by atoms with van der Waals surface area (Å²) in [6.07, 6.45) is 10.2. The summed E-state index contributed by atoms with van der Waals surface area (Å²) >= 11 is 0. The van der Waals surface area contributed by atoms with Gasteiger partial charge in [-0.05, 0) is 54.9 Å². The van der Waals surface area contributed by atoms with Crippen LogP contribution in [-0.4, -0.2) is 34.1 Å². The highest BCUT2D eigenvalue weighted by atomic mass is 16.3. The van der Waals surface area contributed by atoms with Gasteiger partial charge in [0, 0.05) is 41.5 Å². The minimum absolute atomic E-state index is 0.0696. The van der Waals surface area contributed by atoms with Crippen LogP contribution in [0.25, 0.3) is 0 Å². The predicted molar refractivity (Wildman–Crippen MR) is 152 cm³/mol. The smallest absolute Gasteiger partial charge is 0.248 e. The van der Waals surface area contributed by atoms with E-state index in [0.29, 0.717) is 24.1 Å². The van der Waals surface area contributed by atoms with E-state index in [2.05, 4.69) is 31.1 Å². The van der Waals surface area contributed by atoms with Crippen LogP contribution in [0.4, 0.5) is 5.69 Å². The van der Waals surface area contributed by atoms with Crippen LogP contribution in [0.2, 0.25) is 0 Å². The van der Waals surface area contributed by atoms with Crippen molar-refractivity contribution in [2.45, 2.75) is 102 Å². The van der Waals surface area contributed by atoms with Gasteiger partial charge in [-0.15, -0.1) is 0 Å². The molecular formula is C32H42N4O3. The summed E-state index contributed by atoms with van der Waals surface area (Å²) in [5.41, 5.74) is 2.31. The van der Waals surface area contributed by atoms with Gasteiger partial charge in [0.05, 0.1) is 6.07 Å². The number of benzene rings is 1. The fraction of sp³-hybridized carbons (Fsp3) is 0.562. The summed E-state index contributed by atoms with van der Waals surface area (Å²) in [7, 11) is 0. The highest BCUT2D eigenvalue weighted by molar-refractivity contribution is 6.02. The lowest BCUT2D eigenvalue weighted by molar-refractivity contribution is -0.131. The first-order valence-electron chi connectivity index (χ1n) is 14.4. The SMILES string of the molecule is CC(C)(C)c1ccc(N(C(=O)[C@H]2CCCCC2C(O)C#N)C(C(=O)NC2CCCCC2)c2cccnc2)cc1. The molecule has 1 aromatic carbocycles. The van der Waals surface area contributed by atoms with Gasteiger partial charge in [0.15, 0.2) is 0 Å². The van der Waals surface area contributed by atoms with Crippen molar-refractivity contribution >= 4 is 17.5 Å². The second-order valence-corrected chi connectivity index (χ2v) is 12.2. The van der Waals surface area contributed by atoms with Crippen molar-refractivity contribution in [2.24, 2.45) is 11.8 Å². The third kappa shape index (κ3) is 6.86. The molecule has 208 valence electrons. The van der Waals surface area contributed by atoms with Crippen LogP contribution in [0.15, 0.2) is 48.8 Å². The van der Waals surface area contributed by atoms with Crippen molar-refractivity contribution in [3.05, 3.63) is 59.9 Å². The number of nitrogens with one attached hydrogen (secondary N) is 1. The molecule has 2 aliphatic rings. The number of hydrogen-bond donors (Lipinski definition) is 2. The average molecular weight is 531 g/mol. The van der Waals surface area contributed by atoms with Gasteiger partial charge in [0.1, 0.15) is 12.1 Å². The van der Waals surface area contributed by atoms with E-state index in [0.717, 1.165) is 44.1 Å². The normalized spacial score (nSPS) is 21.8. The summed E-state index contributed by atoms with van der Waals surface area (Å²) < 4.78 is 0. The van der Waals surface area contributed by atoms with E-state index in [9.17, 15) is 20.0 Å². The Labute approximate surface area is 232 Å². The van der Waals surface area contributed by atoms with Gasteiger partial charge in [-0.3, -0.25) is 19.5 Å². The molecule has 1 heterocycles. The van der Waals surface area contributed by atoms with Crippen LogP contribution in [-0.2, 0) is 15.0 Å². The number of anilines is 1. The first-order chi connectivity index (χ1) is 18.7. The number of aliphatic hydroxyl groups is 1. The second kappa shape index (κ2) is 12.7. The minimum Gasteiger partial charge on any atom is -0.378 e. The number of nitriles is 1. The van der Waals surface area contributed by atoms with E-state index >= 15 is 0 Å². The molecule has 4 atom stereocenters. The van der Waals surface area contributed by atoms with Crippen molar-refractivity contribution in [1.82, 2.24) is 10.3 Å². The van der Waals surface area contributed by atoms with Crippen LogP contribution >= 0.6 is 0 Å². The zero-order chi connectivity index (χ0) is 28.0. The van der Waals surface area contributed by atoms with E-state index in [1.807, 2.05) is 36.4 Å². The molecule has 2 fully saturated rings. The quantitative estimate of drug-likeness (QED) is 0.454. The number of carbonyl (C=O) groups excluding carboxylic acids is 2. The third-order valence-electron chi connectivity index (χ3n) is 8.38. The molecule has 0 aliphatic heterocycles. The number of aliphatic hydroxyl groups excluding tert-OH is 1. The Balaban J connectivity index is 1.79. The molecule has 3 unspecified atom stereocenters. The van der Waals surface area contributed by atoms with Gasteiger partial charge in [-0.1, -0.05) is 71.1 Å². The van der Waals surface area contributed by atoms with Crippen molar-refractivity contribution in [3.8, 4) is 6.07 Å². The molecule has 1 aromatic heterocycles. The van der Waals surface area contributed by atoms with E-state index < -0.39 is 24.0 Å². The van der Waals surface area contributed by atoms with Gasteiger partial charge in [-0.2, -0.15) is 5.26 Å². The lowest BCUT2D eigenvalue weighted by Crippen LogP contribution is -2.51. The number of nitrogens with zero attached hydrogens (tertiary/aromatic N) is 3. The van der Waals surface area contributed by atoms with Crippen molar-refractivity contribution in [3.63, 3.8) is 0 Å². The van der Waals surface area contributed by atoms with Crippen LogP contribution < -0.4 is 10.2 Å². The van der Waals surface area contributed by atoms with Gasteiger partial charge in [-0.25, -0.2) is 0 Å². The maximum atomic E-state index is 14.5. The van der Waals surface area contributed by atoms with Gasteiger partial charge >= 0.3 is 0 Å². The van der Waals surface area contributed by atoms with Gasteiger partial charge in [0.2, 0.25) is 11.8 Å². The fourth-order valence-corrected chi connectivity index (χ4v) is 6.13. The van der Waals surface area contributed by atoms with Crippen LogP contribution in [0, 0.1) is 23.2 Å². The van der Waals surface area contributed by atoms with E-state index in [1.54, 1.807) is 23.4 Å². The Hall–Kier alpha value is -3.24. The highest BCUT2D eigenvalue weighted by Crippen LogP contribution is 2.38. The number of pyridine rings is 1. The number of carbonyl (C=O) groups is 2. The van der Waals surface area contributed by atoms with Crippen LogP contribution in [0.3, 0.4) is 0 Å². The molecule has 2 aromatic rings. The topological polar surface area (TPSA) is 106 Å². The van der Waals surface area contributed by atoms with E-state index in [-0.39, 0.29) is 23.3 Å². The molecule has 2 amide bonds. The van der Waals surface area contributed by atoms with Crippen LogP contribution in [0.1, 0.15) is 95.7 Å². The van der Waals surface area contributed by atoms with Crippen molar-refractivity contribution < 1.29 is 14.7 Å². The monoisotopic (exact) mass is 530 g/mol. The lowest BCUT2D eigenvalue weighted by atomic mass is 9.75. The second-order valence-electron chi connectivity index (χ2n) is 12.2. The summed E-state index contributed by atoms with van der Waals surface area (Å²) in [5.74, 6) is -1.48. The minimum atomic E-state index is -1.22. The molecule has 39 heavy (non-hydrogen) atoms. The Kier molecular flexibility index (Phi) is 9.40. The molecule has 2 saturated carbocycles.